The molecule has 1 unspecified atom stereocenters. The molecule has 2 heterocycles. The van der Waals surface area contributed by atoms with Gasteiger partial charge in [-0.1, -0.05) is 13.8 Å². The number of nitrogens with zero attached hydrogens (tertiary/aromatic N) is 1. The molecule has 2 aliphatic heterocycles. The van der Waals surface area contributed by atoms with Gasteiger partial charge in [-0.2, -0.15) is 0 Å². The molecule has 0 radical (unpaired) electrons. The summed E-state index contributed by atoms with van der Waals surface area (Å²) in [5.41, 5.74) is 0.293. The van der Waals surface area contributed by atoms with E-state index in [9.17, 15) is 0 Å². The first-order valence-electron chi connectivity index (χ1n) is 7.68. The molecular weight excluding hydrogens is 240 g/mol. The highest BCUT2D eigenvalue weighted by Gasteiger charge is 2.38. The number of nitrogens with one attached hydrogen (secondary N) is 1. The molecule has 3 atom stereocenters. The van der Waals surface area contributed by atoms with Crippen molar-refractivity contribution in [3.05, 3.63) is 0 Å². The summed E-state index contributed by atoms with van der Waals surface area (Å²) in [6, 6.07) is 0.542. The lowest BCUT2D eigenvalue weighted by Gasteiger charge is -2.40. The lowest BCUT2D eigenvalue weighted by atomic mass is 9.86. The Kier molecular flexibility index (Phi) is 5.23. The lowest BCUT2D eigenvalue weighted by molar-refractivity contribution is -0.0781. The second-order valence-corrected chi connectivity index (χ2v) is 6.79. The first-order chi connectivity index (χ1) is 8.99. The van der Waals surface area contributed by atoms with Crippen LogP contribution in [0.15, 0.2) is 0 Å². The van der Waals surface area contributed by atoms with Crippen molar-refractivity contribution >= 4 is 0 Å². The average Bonchev–Trinajstić information content (AvgIpc) is 2.74. The van der Waals surface area contributed by atoms with E-state index in [0.717, 1.165) is 39.4 Å². The van der Waals surface area contributed by atoms with Gasteiger partial charge in [-0.15, -0.1) is 0 Å². The Balaban J connectivity index is 1.92. The summed E-state index contributed by atoms with van der Waals surface area (Å²) < 4.78 is 11.5. The molecule has 4 heteroatoms. The Bertz CT molecular complexity index is 267. The van der Waals surface area contributed by atoms with E-state index in [-0.39, 0.29) is 0 Å². The molecule has 0 aliphatic carbocycles. The summed E-state index contributed by atoms with van der Waals surface area (Å²) in [4.78, 5) is 2.56. The molecule has 0 amide bonds. The van der Waals surface area contributed by atoms with E-state index in [1.807, 2.05) is 0 Å². The molecule has 19 heavy (non-hydrogen) atoms. The standard InChI is InChI=1S/C15H30N2O2/c1-12(2)16-9-15(5-6-18-11-15)10-17-7-13(3)19-14(4)8-17/h12-14,16H,5-11H2,1-4H3/t13-,14+,15?. The highest BCUT2D eigenvalue weighted by atomic mass is 16.5. The van der Waals surface area contributed by atoms with Crippen molar-refractivity contribution < 1.29 is 9.47 Å². The molecule has 0 spiro atoms. The first-order valence-corrected chi connectivity index (χ1v) is 7.68. The Morgan fingerprint density at radius 3 is 2.47 bits per heavy atom. The van der Waals surface area contributed by atoms with Crippen LogP contribution in [0.4, 0.5) is 0 Å². The van der Waals surface area contributed by atoms with E-state index in [1.165, 1.54) is 6.42 Å². The topological polar surface area (TPSA) is 33.7 Å². The SMILES string of the molecule is CC(C)NCC1(CN2C[C@@H](C)O[C@@H](C)C2)CCOC1. The molecule has 2 rings (SSSR count). The fourth-order valence-corrected chi connectivity index (χ4v) is 3.28. The number of ether oxygens (including phenoxy) is 2. The van der Waals surface area contributed by atoms with E-state index < -0.39 is 0 Å². The van der Waals surface area contributed by atoms with Gasteiger partial charge in [-0.05, 0) is 20.3 Å². The summed E-state index contributed by atoms with van der Waals surface area (Å²) in [5.74, 6) is 0. The molecule has 0 saturated carbocycles. The van der Waals surface area contributed by atoms with Crippen molar-refractivity contribution in [1.29, 1.82) is 0 Å². The number of hydrogen-bond acceptors (Lipinski definition) is 4. The Morgan fingerprint density at radius 1 is 1.26 bits per heavy atom. The van der Waals surface area contributed by atoms with Crippen molar-refractivity contribution in [1.82, 2.24) is 10.2 Å². The minimum Gasteiger partial charge on any atom is -0.381 e. The van der Waals surface area contributed by atoms with Gasteiger partial charge in [0.1, 0.15) is 0 Å². The molecule has 2 aliphatic rings. The molecule has 0 bridgehead atoms. The maximum Gasteiger partial charge on any atom is 0.0678 e. The smallest absolute Gasteiger partial charge is 0.0678 e. The summed E-state index contributed by atoms with van der Waals surface area (Å²) in [7, 11) is 0. The van der Waals surface area contributed by atoms with Crippen LogP contribution in [0.25, 0.3) is 0 Å². The average molecular weight is 270 g/mol. The Morgan fingerprint density at radius 2 is 1.95 bits per heavy atom. The second kappa shape index (κ2) is 6.53. The maximum absolute atomic E-state index is 5.82. The minimum absolute atomic E-state index is 0.293. The fourth-order valence-electron chi connectivity index (χ4n) is 3.28. The van der Waals surface area contributed by atoms with Gasteiger partial charge in [-0.25, -0.2) is 0 Å². The van der Waals surface area contributed by atoms with Crippen LogP contribution in [0.3, 0.4) is 0 Å². The number of rotatable bonds is 5. The number of morpholine rings is 1. The summed E-state index contributed by atoms with van der Waals surface area (Å²) >= 11 is 0. The highest BCUT2D eigenvalue weighted by molar-refractivity contribution is 4.90. The third-order valence-electron chi connectivity index (χ3n) is 4.12. The molecule has 0 aromatic heterocycles. The van der Waals surface area contributed by atoms with Gasteiger partial charge in [0.05, 0.1) is 18.8 Å². The van der Waals surface area contributed by atoms with Crippen LogP contribution >= 0.6 is 0 Å². The number of hydrogen-bond donors (Lipinski definition) is 1. The Labute approximate surface area is 117 Å². The van der Waals surface area contributed by atoms with Crippen LogP contribution in [0, 0.1) is 5.41 Å². The highest BCUT2D eigenvalue weighted by Crippen LogP contribution is 2.30. The quantitative estimate of drug-likeness (QED) is 0.821. The molecule has 2 fully saturated rings. The molecule has 2 saturated heterocycles. The van der Waals surface area contributed by atoms with Crippen molar-refractivity contribution in [2.75, 3.05) is 39.4 Å². The zero-order chi connectivity index (χ0) is 13.9. The zero-order valence-corrected chi connectivity index (χ0v) is 12.9. The van der Waals surface area contributed by atoms with Gasteiger partial charge in [0.2, 0.25) is 0 Å². The van der Waals surface area contributed by atoms with Crippen LogP contribution < -0.4 is 5.32 Å². The van der Waals surface area contributed by atoms with Crippen molar-refractivity contribution in [2.45, 2.75) is 52.4 Å². The van der Waals surface area contributed by atoms with E-state index in [2.05, 4.69) is 37.9 Å². The maximum atomic E-state index is 5.82. The molecule has 112 valence electrons. The third kappa shape index (κ3) is 4.42. The largest absolute Gasteiger partial charge is 0.381 e. The molecule has 4 nitrogen and oxygen atoms in total. The van der Waals surface area contributed by atoms with Gasteiger partial charge in [-0.3, -0.25) is 4.90 Å². The normalized spacial score (nSPS) is 37.1. The van der Waals surface area contributed by atoms with Crippen molar-refractivity contribution in [2.24, 2.45) is 5.41 Å². The summed E-state index contributed by atoms with van der Waals surface area (Å²) in [6.07, 6.45) is 1.87. The zero-order valence-electron chi connectivity index (χ0n) is 12.9. The van der Waals surface area contributed by atoms with Gasteiger partial charge in [0.15, 0.2) is 0 Å². The molecule has 1 N–H and O–H groups in total. The van der Waals surface area contributed by atoms with Crippen LogP contribution in [-0.4, -0.2) is 62.5 Å². The van der Waals surface area contributed by atoms with Gasteiger partial charge < -0.3 is 14.8 Å². The van der Waals surface area contributed by atoms with E-state index in [0.29, 0.717) is 23.7 Å². The predicted molar refractivity (Wildman–Crippen MR) is 77.5 cm³/mol. The van der Waals surface area contributed by atoms with Crippen LogP contribution in [0.2, 0.25) is 0 Å². The lowest BCUT2D eigenvalue weighted by Crippen LogP contribution is -2.52. The molecular formula is C15H30N2O2. The van der Waals surface area contributed by atoms with Crippen LogP contribution in [0.1, 0.15) is 34.1 Å². The second-order valence-electron chi connectivity index (χ2n) is 6.79. The predicted octanol–water partition coefficient (Wildman–Crippen LogP) is 1.50. The first kappa shape index (κ1) is 15.2. The summed E-state index contributed by atoms with van der Waals surface area (Å²) in [5, 5.41) is 3.60. The third-order valence-corrected chi connectivity index (χ3v) is 4.12. The van der Waals surface area contributed by atoms with E-state index >= 15 is 0 Å². The van der Waals surface area contributed by atoms with Crippen LogP contribution in [0.5, 0.6) is 0 Å². The van der Waals surface area contributed by atoms with Crippen molar-refractivity contribution in [3.63, 3.8) is 0 Å². The molecule has 0 aromatic carbocycles. The van der Waals surface area contributed by atoms with Crippen LogP contribution in [-0.2, 0) is 9.47 Å². The Hall–Kier alpha value is -0.160. The van der Waals surface area contributed by atoms with Gasteiger partial charge in [0, 0.05) is 44.2 Å². The van der Waals surface area contributed by atoms with E-state index in [1.54, 1.807) is 0 Å². The summed E-state index contributed by atoms with van der Waals surface area (Å²) in [6.45, 7) is 14.9. The monoisotopic (exact) mass is 270 g/mol. The molecule has 0 aromatic rings. The van der Waals surface area contributed by atoms with Crippen molar-refractivity contribution in [3.8, 4) is 0 Å². The minimum atomic E-state index is 0.293. The van der Waals surface area contributed by atoms with Gasteiger partial charge >= 0.3 is 0 Å². The van der Waals surface area contributed by atoms with Gasteiger partial charge in [0.25, 0.3) is 0 Å². The fraction of sp³-hybridized carbons (Fsp3) is 1.00. The van der Waals surface area contributed by atoms with E-state index in [4.69, 9.17) is 9.47 Å².